The number of nitrogens with one attached hydrogen (secondary N) is 2. The molecule has 1 saturated heterocycles. The van der Waals surface area contributed by atoms with Crippen molar-refractivity contribution < 1.29 is 4.79 Å². The summed E-state index contributed by atoms with van der Waals surface area (Å²) >= 11 is 0. The average Bonchev–Trinajstić information content (AvgIpc) is 3.25. The van der Waals surface area contributed by atoms with E-state index in [1.54, 1.807) is 0 Å². The fraction of sp³-hybridized carbons (Fsp3) is 0.933. The Balaban J connectivity index is 1.35. The van der Waals surface area contributed by atoms with Crippen molar-refractivity contribution in [3.63, 3.8) is 0 Å². The first kappa shape index (κ1) is 13.2. The minimum absolute atomic E-state index is 0.0665. The first-order valence-electron chi connectivity index (χ1n) is 8.12. The van der Waals surface area contributed by atoms with E-state index in [9.17, 15) is 4.79 Å². The summed E-state index contributed by atoms with van der Waals surface area (Å²) in [5.74, 6) is 0. The van der Waals surface area contributed by atoms with Gasteiger partial charge in [0.25, 0.3) is 0 Å². The summed E-state index contributed by atoms with van der Waals surface area (Å²) < 4.78 is 0. The third-order valence-electron chi connectivity index (χ3n) is 4.87. The molecule has 0 spiro atoms. The SMILES string of the molecule is O=C(NC1CCCCC1)NC1CCN(C2CC2)CC1. The molecule has 19 heavy (non-hydrogen) atoms. The lowest BCUT2D eigenvalue weighted by atomic mass is 9.96. The molecule has 2 saturated carbocycles. The number of rotatable bonds is 3. The Morgan fingerprint density at radius 3 is 1.95 bits per heavy atom. The summed E-state index contributed by atoms with van der Waals surface area (Å²) in [7, 11) is 0. The van der Waals surface area contributed by atoms with Gasteiger partial charge in [-0.1, -0.05) is 19.3 Å². The van der Waals surface area contributed by atoms with Crippen molar-refractivity contribution in [1.82, 2.24) is 15.5 Å². The number of nitrogens with zero attached hydrogens (tertiary/aromatic N) is 1. The number of urea groups is 1. The van der Waals surface area contributed by atoms with Crippen LogP contribution in [-0.2, 0) is 0 Å². The van der Waals surface area contributed by atoms with Crippen LogP contribution in [0.15, 0.2) is 0 Å². The zero-order valence-electron chi connectivity index (χ0n) is 11.9. The van der Waals surface area contributed by atoms with Crippen LogP contribution in [0.25, 0.3) is 0 Å². The largest absolute Gasteiger partial charge is 0.335 e. The van der Waals surface area contributed by atoms with Crippen LogP contribution in [0.2, 0.25) is 0 Å². The van der Waals surface area contributed by atoms with Gasteiger partial charge in [-0.05, 0) is 38.5 Å². The van der Waals surface area contributed by atoms with Crippen LogP contribution in [0, 0.1) is 0 Å². The molecule has 0 radical (unpaired) electrons. The highest BCUT2D eigenvalue weighted by Gasteiger charge is 2.32. The van der Waals surface area contributed by atoms with Gasteiger partial charge in [-0.15, -0.1) is 0 Å². The molecule has 108 valence electrons. The highest BCUT2D eigenvalue weighted by Crippen LogP contribution is 2.29. The summed E-state index contributed by atoms with van der Waals surface area (Å²) in [6, 6.07) is 1.74. The van der Waals surface area contributed by atoms with Gasteiger partial charge in [-0.3, -0.25) is 0 Å². The molecule has 4 nitrogen and oxygen atoms in total. The molecule has 4 heteroatoms. The highest BCUT2D eigenvalue weighted by atomic mass is 16.2. The number of piperidine rings is 1. The minimum atomic E-state index is 0.0665. The lowest BCUT2D eigenvalue weighted by molar-refractivity contribution is 0.184. The molecule has 3 aliphatic rings. The standard InChI is InChI=1S/C15H27N3O/c19-15(16-12-4-2-1-3-5-12)17-13-8-10-18(11-9-13)14-6-7-14/h12-14H,1-11H2,(H2,16,17,19). The van der Waals surface area contributed by atoms with Gasteiger partial charge < -0.3 is 15.5 Å². The maximum absolute atomic E-state index is 12.0. The Morgan fingerprint density at radius 1 is 0.789 bits per heavy atom. The second-order valence-electron chi connectivity index (χ2n) is 6.49. The van der Waals surface area contributed by atoms with E-state index in [4.69, 9.17) is 0 Å². The third kappa shape index (κ3) is 3.85. The number of hydrogen-bond donors (Lipinski definition) is 2. The summed E-state index contributed by atoms with van der Waals surface area (Å²) in [6.45, 7) is 2.33. The van der Waals surface area contributed by atoms with Crippen LogP contribution in [-0.4, -0.2) is 42.1 Å². The second-order valence-corrected chi connectivity index (χ2v) is 6.49. The topological polar surface area (TPSA) is 44.4 Å². The van der Waals surface area contributed by atoms with Gasteiger partial charge in [0.05, 0.1) is 0 Å². The van der Waals surface area contributed by atoms with E-state index in [0.717, 1.165) is 31.7 Å². The van der Waals surface area contributed by atoms with Crippen molar-refractivity contribution >= 4 is 6.03 Å². The Labute approximate surface area is 116 Å². The molecule has 1 aliphatic heterocycles. The van der Waals surface area contributed by atoms with Crippen LogP contribution in [0.3, 0.4) is 0 Å². The van der Waals surface area contributed by atoms with Gasteiger partial charge in [0.15, 0.2) is 0 Å². The van der Waals surface area contributed by atoms with Gasteiger partial charge in [0.1, 0.15) is 0 Å². The molecule has 0 aromatic carbocycles. The third-order valence-corrected chi connectivity index (χ3v) is 4.87. The normalized spacial score (nSPS) is 27.2. The quantitative estimate of drug-likeness (QED) is 0.822. The van der Waals surface area contributed by atoms with Gasteiger partial charge in [0.2, 0.25) is 0 Å². The fourth-order valence-corrected chi connectivity index (χ4v) is 3.51. The number of hydrogen-bond acceptors (Lipinski definition) is 2. The van der Waals surface area contributed by atoms with Crippen molar-refractivity contribution in [3.05, 3.63) is 0 Å². The summed E-state index contributed by atoms with van der Waals surface area (Å²) in [6.07, 6.45) is 11.2. The number of amides is 2. The van der Waals surface area contributed by atoms with Gasteiger partial charge >= 0.3 is 6.03 Å². The predicted octanol–water partition coefficient (Wildman–Crippen LogP) is 2.25. The van der Waals surface area contributed by atoms with E-state index < -0.39 is 0 Å². The molecule has 0 bridgehead atoms. The molecule has 3 fully saturated rings. The highest BCUT2D eigenvalue weighted by molar-refractivity contribution is 5.74. The molecule has 2 aliphatic carbocycles. The Kier molecular flexibility index (Phi) is 4.26. The van der Waals surface area contributed by atoms with E-state index in [0.29, 0.717) is 12.1 Å². The van der Waals surface area contributed by atoms with E-state index in [1.165, 1.54) is 45.2 Å². The number of carbonyl (C=O) groups excluding carboxylic acids is 1. The number of carbonyl (C=O) groups is 1. The van der Waals surface area contributed by atoms with E-state index in [1.807, 2.05) is 0 Å². The summed E-state index contributed by atoms with van der Waals surface area (Å²) in [4.78, 5) is 14.6. The maximum Gasteiger partial charge on any atom is 0.315 e. The van der Waals surface area contributed by atoms with Crippen LogP contribution in [0.4, 0.5) is 4.79 Å². The zero-order chi connectivity index (χ0) is 13.1. The van der Waals surface area contributed by atoms with Crippen LogP contribution in [0.1, 0.15) is 57.8 Å². The van der Waals surface area contributed by atoms with Crippen molar-refractivity contribution in [2.24, 2.45) is 0 Å². The first-order valence-corrected chi connectivity index (χ1v) is 8.12. The lowest BCUT2D eigenvalue weighted by Gasteiger charge is -2.33. The van der Waals surface area contributed by atoms with Gasteiger partial charge in [-0.2, -0.15) is 0 Å². The van der Waals surface area contributed by atoms with Crippen molar-refractivity contribution in [1.29, 1.82) is 0 Å². The van der Waals surface area contributed by atoms with Crippen LogP contribution in [0.5, 0.6) is 0 Å². The molecule has 2 amide bonds. The molecule has 3 rings (SSSR count). The van der Waals surface area contributed by atoms with E-state index in [-0.39, 0.29) is 6.03 Å². The summed E-state index contributed by atoms with van der Waals surface area (Å²) in [5.41, 5.74) is 0. The molecule has 0 aromatic rings. The second kappa shape index (κ2) is 6.12. The minimum Gasteiger partial charge on any atom is -0.335 e. The Morgan fingerprint density at radius 2 is 1.37 bits per heavy atom. The smallest absolute Gasteiger partial charge is 0.315 e. The molecule has 0 atom stereocenters. The average molecular weight is 265 g/mol. The fourth-order valence-electron chi connectivity index (χ4n) is 3.51. The molecular weight excluding hydrogens is 238 g/mol. The number of likely N-dealkylation sites (tertiary alicyclic amines) is 1. The van der Waals surface area contributed by atoms with E-state index >= 15 is 0 Å². The molecule has 0 aromatic heterocycles. The van der Waals surface area contributed by atoms with Gasteiger partial charge in [0, 0.05) is 31.2 Å². The Hall–Kier alpha value is -0.770. The van der Waals surface area contributed by atoms with Crippen molar-refractivity contribution in [3.8, 4) is 0 Å². The van der Waals surface area contributed by atoms with E-state index in [2.05, 4.69) is 15.5 Å². The summed E-state index contributed by atoms with van der Waals surface area (Å²) in [5, 5.41) is 6.32. The molecule has 0 unspecified atom stereocenters. The lowest BCUT2D eigenvalue weighted by Crippen LogP contribution is -2.50. The Bertz CT molecular complexity index is 303. The van der Waals surface area contributed by atoms with Crippen molar-refractivity contribution in [2.75, 3.05) is 13.1 Å². The molecular formula is C15H27N3O. The van der Waals surface area contributed by atoms with Gasteiger partial charge in [-0.25, -0.2) is 4.79 Å². The van der Waals surface area contributed by atoms with Crippen molar-refractivity contribution in [2.45, 2.75) is 75.9 Å². The maximum atomic E-state index is 12.0. The predicted molar refractivity (Wildman–Crippen MR) is 76.2 cm³/mol. The van der Waals surface area contributed by atoms with Crippen LogP contribution < -0.4 is 10.6 Å². The monoisotopic (exact) mass is 265 g/mol. The van der Waals surface area contributed by atoms with Crippen LogP contribution >= 0.6 is 0 Å². The first-order chi connectivity index (χ1) is 9.31. The zero-order valence-corrected chi connectivity index (χ0v) is 11.9. The molecule has 2 N–H and O–H groups in total. The molecule has 1 heterocycles.